The highest BCUT2D eigenvalue weighted by Gasteiger charge is 2.14. The molecule has 0 saturated carbocycles. The Labute approximate surface area is 135 Å². The van der Waals surface area contributed by atoms with Crippen molar-refractivity contribution in [1.82, 2.24) is 4.57 Å². The van der Waals surface area contributed by atoms with Crippen LogP contribution in [0.3, 0.4) is 0 Å². The predicted octanol–water partition coefficient (Wildman–Crippen LogP) is 3.55. The Balaban J connectivity index is 1.82. The van der Waals surface area contributed by atoms with E-state index < -0.39 is 0 Å². The summed E-state index contributed by atoms with van der Waals surface area (Å²) in [5.41, 5.74) is 2.77. The molecule has 23 heavy (non-hydrogen) atoms. The van der Waals surface area contributed by atoms with Crippen molar-refractivity contribution < 1.29 is 14.9 Å². The fraction of sp³-hybridized carbons (Fsp3) is 0.158. The van der Waals surface area contributed by atoms with Crippen molar-refractivity contribution in [2.24, 2.45) is 0 Å². The average Bonchev–Trinajstić information content (AvgIpc) is 2.84. The topological polar surface area (TPSA) is 54.6 Å². The summed E-state index contributed by atoms with van der Waals surface area (Å²) in [6.07, 6.45) is 0.579. The number of methoxy groups -OCH3 is 1. The second kappa shape index (κ2) is 6.48. The molecule has 4 nitrogen and oxygen atoms in total. The summed E-state index contributed by atoms with van der Waals surface area (Å²) >= 11 is 0. The molecule has 0 amide bonds. The third-order valence-corrected chi connectivity index (χ3v) is 3.86. The number of hydrogen-bond donors (Lipinski definition) is 2. The zero-order valence-electron chi connectivity index (χ0n) is 12.9. The lowest BCUT2D eigenvalue weighted by Crippen LogP contribution is -1.99. The van der Waals surface area contributed by atoms with E-state index in [-0.39, 0.29) is 11.8 Å². The van der Waals surface area contributed by atoms with Crippen LogP contribution in [0.2, 0.25) is 0 Å². The van der Waals surface area contributed by atoms with Crippen LogP contribution in [0.15, 0.2) is 60.7 Å². The first-order chi connectivity index (χ1) is 11.2. The van der Waals surface area contributed by atoms with Crippen molar-refractivity contribution in [3.05, 3.63) is 77.4 Å². The summed E-state index contributed by atoms with van der Waals surface area (Å²) < 4.78 is 6.63. The van der Waals surface area contributed by atoms with Crippen molar-refractivity contribution in [3.8, 4) is 17.5 Å². The molecule has 1 heterocycles. The van der Waals surface area contributed by atoms with Crippen LogP contribution < -0.4 is 4.74 Å². The van der Waals surface area contributed by atoms with E-state index in [1.807, 2.05) is 54.6 Å². The molecule has 0 aliphatic heterocycles. The number of aromatic nitrogens is 1. The molecule has 2 N–H and O–H groups in total. The quantitative estimate of drug-likeness (QED) is 0.758. The summed E-state index contributed by atoms with van der Waals surface area (Å²) in [6, 6.07) is 19.0. The number of ether oxygens (including phenoxy) is 1. The molecule has 1 aromatic heterocycles. The van der Waals surface area contributed by atoms with Crippen LogP contribution in [0.5, 0.6) is 17.5 Å². The molecule has 0 bridgehead atoms. The highest BCUT2D eigenvalue weighted by atomic mass is 16.5. The molecule has 2 aromatic carbocycles. The van der Waals surface area contributed by atoms with Crippen LogP contribution in [0.25, 0.3) is 0 Å². The molecule has 3 aromatic rings. The molecule has 0 saturated heterocycles. The third-order valence-electron chi connectivity index (χ3n) is 3.86. The highest BCUT2D eigenvalue weighted by Crippen LogP contribution is 2.30. The van der Waals surface area contributed by atoms with Gasteiger partial charge in [-0.3, -0.25) is 4.57 Å². The molecule has 0 fully saturated rings. The largest absolute Gasteiger partial charge is 0.497 e. The number of rotatable bonds is 5. The van der Waals surface area contributed by atoms with Crippen LogP contribution in [-0.2, 0) is 13.0 Å². The Morgan fingerprint density at radius 1 is 0.913 bits per heavy atom. The minimum absolute atomic E-state index is 0.0595. The normalized spacial score (nSPS) is 10.7. The number of nitrogens with zero attached hydrogens (tertiary/aromatic N) is 1. The van der Waals surface area contributed by atoms with Gasteiger partial charge in [-0.05, 0) is 23.3 Å². The fourth-order valence-electron chi connectivity index (χ4n) is 2.60. The number of benzene rings is 2. The van der Waals surface area contributed by atoms with E-state index in [2.05, 4.69) is 0 Å². The Kier molecular flexibility index (Phi) is 4.24. The standard InChI is InChI=1S/C19H19NO3/c1-23-17-9-7-15(8-10-17)13-20-18(21)12-16(19(20)22)11-14-5-3-2-4-6-14/h2-10,12,21-22H,11,13H2,1H3. The van der Waals surface area contributed by atoms with E-state index >= 15 is 0 Å². The van der Waals surface area contributed by atoms with Crippen molar-refractivity contribution in [2.75, 3.05) is 7.11 Å². The van der Waals surface area contributed by atoms with Crippen LogP contribution >= 0.6 is 0 Å². The van der Waals surface area contributed by atoms with Crippen LogP contribution in [-0.4, -0.2) is 21.9 Å². The first-order valence-electron chi connectivity index (χ1n) is 7.44. The summed E-state index contributed by atoms with van der Waals surface area (Å²) in [5.74, 6) is 0.936. The Morgan fingerprint density at radius 2 is 1.61 bits per heavy atom. The van der Waals surface area contributed by atoms with Gasteiger partial charge in [0.25, 0.3) is 0 Å². The van der Waals surface area contributed by atoms with Gasteiger partial charge in [-0.2, -0.15) is 0 Å². The van der Waals surface area contributed by atoms with E-state index in [4.69, 9.17) is 4.74 Å². The van der Waals surface area contributed by atoms with E-state index in [0.29, 0.717) is 18.5 Å². The monoisotopic (exact) mass is 309 g/mol. The first-order valence-corrected chi connectivity index (χ1v) is 7.44. The second-order valence-corrected chi connectivity index (χ2v) is 5.45. The van der Waals surface area contributed by atoms with Crippen LogP contribution in [0, 0.1) is 0 Å². The maximum absolute atomic E-state index is 10.4. The van der Waals surface area contributed by atoms with Gasteiger partial charge < -0.3 is 14.9 Å². The lowest BCUT2D eigenvalue weighted by Gasteiger charge is -2.08. The molecular weight excluding hydrogens is 290 g/mol. The van der Waals surface area contributed by atoms with Crippen molar-refractivity contribution in [2.45, 2.75) is 13.0 Å². The van der Waals surface area contributed by atoms with Gasteiger partial charge in [0.15, 0.2) is 11.8 Å². The molecule has 118 valence electrons. The van der Waals surface area contributed by atoms with Gasteiger partial charge in [0.2, 0.25) is 0 Å². The highest BCUT2D eigenvalue weighted by molar-refractivity contribution is 5.40. The average molecular weight is 309 g/mol. The Hall–Kier alpha value is -2.88. The van der Waals surface area contributed by atoms with Crippen LogP contribution in [0.4, 0.5) is 0 Å². The number of hydrogen-bond acceptors (Lipinski definition) is 3. The molecule has 0 aliphatic rings. The molecular formula is C19H19NO3. The lowest BCUT2D eigenvalue weighted by molar-refractivity contribution is 0.375. The van der Waals surface area contributed by atoms with E-state index in [9.17, 15) is 10.2 Å². The van der Waals surface area contributed by atoms with Gasteiger partial charge in [0, 0.05) is 18.1 Å². The zero-order chi connectivity index (χ0) is 16.2. The Bertz CT molecular complexity index is 776. The van der Waals surface area contributed by atoms with Gasteiger partial charge in [-0.1, -0.05) is 42.5 Å². The summed E-state index contributed by atoms with van der Waals surface area (Å²) in [7, 11) is 1.62. The molecule has 0 radical (unpaired) electrons. The zero-order valence-corrected chi connectivity index (χ0v) is 12.9. The summed E-state index contributed by atoms with van der Waals surface area (Å²) in [6.45, 7) is 0.399. The maximum atomic E-state index is 10.4. The molecule has 3 rings (SSSR count). The molecule has 4 heteroatoms. The fourth-order valence-corrected chi connectivity index (χ4v) is 2.60. The minimum Gasteiger partial charge on any atom is -0.497 e. The molecule has 0 aliphatic carbocycles. The second-order valence-electron chi connectivity index (χ2n) is 5.45. The number of aromatic hydroxyl groups is 2. The Morgan fingerprint density at radius 3 is 2.26 bits per heavy atom. The third kappa shape index (κ3) is 3.31. The van der Waals surface area contributed by atoms with Gasteiger partial charge >= 0.3 is 0 Å². The van der Waals surface area contributed by atoms with Crippen molar-refractivity contribution >= 4 is 0 Å². The molecule has 0 atom stereocenters. The molecule has 0 unspecified atom stereocenters. The smallest absolute Gasteiger partial charge is 0.197 e. The van der Waals surface area contributed by atoms with Crippen molar-refractivity contribution in [3.63, 3.8) is 0 Å². The van der Waals surface area contributed by atoms with E-state index in [0.717, 1.165) is 16.9 Å². The van der Waals surface area contributed by atoms with E-state index in [1.54, 1.807) is 13.2 Å². The van der Waals surface area contributed by atoms with Gasteiger partial charge in [-0.15, -0.1) is 0 Å². The predicted molar refractivity (Wildman–Crippen MR) is 89.1 cm³/mol. The van der Waals surface area contributed by atoms with E-state index in [1.165, 1.54) is 4.57 Å². The molecule has 0 spiro atoms. The van der Waals surface area contributed by atoms with Gasteiger partial charge in [-0.25, -0.2) is 0 Å². The first kappa shape index (κ1) is 15.0. The SMILES string of the molecule is COc1ccc(Cn2c(O)cc(Cc3ccccc3)c2O)cc1. The maximum Gasteiger partial charge on any atom is 0.197 e. The van der Waals surface area contributed by atoms with Crippen LogP contribution in [0.1, 0.15) is 16.7 Å². The van der Waals surface area contributed by atoms with Crippen molar-refractivity contribution in [1.29, 1.82) is 0 Å². The summed E-state index contributed by atoms with van der Waals surface area (Å²) in [4.78, 5) is 0. The van der Waals surface area contributed by atoms with Gasteiger partial charge in [0.05, 0.1) is 13.7 Å². The summed E-state index contributed by atoms with van der Waals surface area (Å²) in [5, 5.41) is 20.5. The van der Waals surface area contributed by atoms with Gasteiger partial charge in [0.1, 0.15) is 5.75 Å². The lowest BCUT2D eigenvalue weighted by atomic mass is 10.1. The minimum atomic E-state index is 0.0595.